The molecule has 0 spiro atoms. The zero-order chi connectivity index (χ0) is 17.7. The smallest absolute Gasteiger partial charge is 0.270 e. The van der Waals surface area contributed by atoms with Gasteiger partial charge in [-0.25, -0.2) is 5.43 Å². The van der Waals surface area contributed by atoms with Crippen LogP contribution in [-0.4, -0.2) is 22.2 Å². The number of phenols is 1. The molecule has 7 nitrogen and oxygen atoms in total. The Morgan fingerprint density at radius 3 is 2.67 bits per heavy atom. The quantitative estimate of drug-likeness (QED) is 0.464. The van der Waals surface area contributed by atoms with E-state index in [9.17, 15) is 20.0 Å². The number of nitrogens with zero attached hydrogens (tertiary/aromatic N) is 2. The van der Waals surface area contributed by atoms with Gasteiger partial charge in [-0.1, -0.05) is 28.1 Å². The van der Waals surface area contributed by atoms with E-state index < -0.39 is 4.92 Å². The van der Waals surface area contributed by atoms with Crippen molar-refractivity contribution in [3.8, 4) is 5.75 Å². The van der Waals surface area contributed by atoms with Crippen LogP contribution in [0, 0.1) is 17.0 Å². The summed E-state index contributed by atoms with van der Waals surface area (Å²) in [6, 6.07) is 9.73. The Hall–Kier alpha value is -2.74. The molecular formula is C16H14BrN3O4. The van der Waals surface area contributed by atoms with Crippen LogP contribution in [0.1, 0.15) is 16.7 Å². The zero-order valence-electron chi connectivity index (χ0n) is 12.7. The Labute approximate surface area is 146 Å². The molecular weight excluding hydrogens is 378 g/mol. The first-order valence-corrected chi connectivity index (χ1v) is 7.70. The number of benzene rings is 2. The number of halogens is 1. The zero-order valence-corrected chi connectivity index (χ0v) is 14.3. The number of carbonyl (C=O) groups excluding carboxylic acids is 1. The first-order chi connectivity index (χ1) is 11.4. The van der Waals surface area contributed by atoms with Crippen molar-refractivity contribution in [2.75, 3.05) is 0 Å². The van der Waals surface area contributed by atoms with Crippen LogP contribution in [0.4, 0.5) is 5.69 Å². The molecule has 2 aromatic rings. The lowest BCUT2D eigenvalue weighted by molar-refractivity contribution is -0.384. The van der Waals surface area contributed by atoms with Gasteiger partial charge in [0.05, 0.1) is 17.6 Å². The SMILES string of the molecule is Cc1cc([N+](=O)[O-])cc(/C=N/NC(=O)Cc2ccc(Br)cc2)c1O. The number of hydrogen-bond donors (Lipinski definition) is 2. The third-order valence-electron chi connectivity index (χ3n) is 3.20. The van der Waals surface area contributed by atoms with Crippen LogP contribution in [-0.2, 0) is 11.2 Å². The second-order valence-corrected chi connectivity index (χ2v) is 5.97. The molecule has 0 aliphatic rings. The number of rotatable bonds is 5. The summed E-state index contributed by atoms with van der Waals surface area (Å²) in [6.07, 6.45) is 1.32. The van der Waals surface area contributed by atoms with E-state index in [4.69, 9.17) is 0 Å². The first-order valence-electron chi connectivity index (χ1n) is 6.91. The monoisotopic (exact) mass is 391 g/mol. The lowest BCUT2D eigenvalue weighted by Crippen LogP contribution is -2.19. The average Bonchev–Trinajstić information content (AvgIpc) is 2.53. The van der Waals surface area contributed by atoms with Gasteiger partial charge in [0.15, 0.2) is 0 Å². The molecule has 2 aromatic carbocycles. The summed E-state index contributed by atoms with van der Waals surface area (Å²) in [5.41, 5.74) is 3.50. The van der Waals surface area contributed by atoms with E-state index in [1.54, 1.807) is 6.92 Å². The fraction of sp³-hybridized carbons (Fsp3) is 0.125. The Morgan fingerprint density at radius 2 is 2.04 bits per heavy atom. The topological polar surface area (TPSA) is 105 Å². The van der Waals surface area contributed by atoms with Gasteiger partial charge in [-0.15, -0.1) is 0 Å². The number of non-ortho nitro benzene ring substituents is 1. The molecule has 0 atom stereocenters. The molecule has 1 amide bonds. The normalized spacial score (nSPS) is 10.8. The molecule has 24 heavy (non-hydrogen) atoms. The first kappa shape index (κ1) is 17.6. The van der Waals surface area contributed by atoms with Gasteiger partial charge in [0.25, 0.3) is 5.69 Å². The second kappa shape index (κ2) is 7.69. The van der Waals surface area contributed by atoms with Crippen molar-refractivity contribution >= 4 is 33.7 Å². The third kappa shape index (κ3) is 4.63. The van der Waals surface area contributed by atoms with Crippen LogP contribution in [0.2, 0.25) is 0 Å². The molecule has 2 N–H and O–H groups in total. The van der Waals surface area contributed by atoms with Crippen LogP contribution >= 0.6 is 15.9 Å². The lowest BCUT2D eigenvalue weighted by atomic mass is 10.1. The molecule has 0 aromatic heterocycles. The van der Waals surface area contributed by atoms with Crippen molar-refractivity contribution in [1.82, 2.24) is 5.43 Å². The fourth-order valence-corrected chi connectivity index (χ4v) is 2.26. The highest BCUT2D eigenvalue weighted by molar-refractivity contribution is 9.10. The van der Waals surface area contributed by atoms with E-state index >= 15 is 0 Å². The summed E-state index contributed by atoms with van der Waals surface area (Å²) >= 11 is 3.31. The highest BCUT2D eigenvalue weighted by Gasteiger charge is 2.12. The summed E-state index contributed by atoms with van der Waals surface area (Å²) in [5.74, 6) is -0.457. The van der Waals surface area contributed by atoms with Gasteiger partial charge in [0.2, 0.25) is 5.91 Å². The fourth-order valence-electron chi connectivity index (χ4n) is 1.99. The number of nitro benzene ring substituents is 1. The van der Waals surface area contributed by atoms with E-state index in [1.165, 1.54) is 18.3 Å². The van der Waals surface area contributed by atoms with Crippen molar-refractivity contribution < 1.29 is 14.8 Å². The Bertz CT molecular complexity index is 804. The molecule has 0 fully saturated rings. The molecule has 124 valence electrons. The Kier molecular flexibility index (Phi) is 5.64. The van der Waals surface area contributed by atoms with Crippen molar-refractivity contribution in [3.63, 3.8) is 0 Å². The molecule has 8 heteroatoms. The molecule has 0 saturated carbocycles. The van der Waals surface area contributed by atoms with E-state index in [1.807, 2.05) is 24.3 Å². The molecule has 0 saturated heterocycles. The summed E-state index contributed by atoms with van der Waals surface area (Å²) in [4.78, 5) is 22.1. The molecule has 2 rings (SSSR count). The summed E-state index contributed by atoms with van der Waals surface area (Å²) in [7, 11) is 0. The predicted molar refractivity (Wildman–Crippen MR) is 93.1 cm³/mol. The maximum Gasteiger partial charge on any atom is 0.270 e. The number of hydrazone groups is 1. The van der Waals surface area contributed by atoms with Gasteiger partial charge in [0, 0.05) is 22.2 Å². The summed E-state index contributed by atoms with van der Waals surface area (Å²) in [5, 5.41) is 24.5. The van der Waals surface area contributed by atoms with Crippen LogP contribution < -0.4 is 5.43 Å². The number of aryl methyl sites for hydroxylation is 1. The Balaban J connectivity index is 2.04. The van der Waals surface area contributed by atoms with Gasteiger partial charge >= 0.3 is 0 Å². The minimum atomic E-state index is -0.560. The summed E-state index contributed by atoms with van der Waals surface area (Å²) < 4.78 is 0.918. The third-order valence-corrected chi connectivity index (χ3v) is 3.73. The van der Waals surface area contributed by atoms with Gasteiger partial charge in [0.1, 0.15) is 5.75 Å². The number of nitrogens with one attached hydrogen (secondary N) is 1. The number of phenolic OH excluding ortho intramolecular Hbond substituents is 1. The standard InChI is InChI=1S/C16H14BrN3O4/c1-10-6-14(20(23)24)8-12(16(10)22)9-18-19-15(21)7-11-2-4-13(17)5-3-11/h2-6,8-9,22H,7H2,1H3,(H,19,21)/b18-9+. The minimum Gasteiger partial charge on any atom is -0.507 e. The molecule has 0 radical (unpaired) electrons. The van der Waals surface area contributed by atoms with Gasteiger partial charge < -0.3 is 5.11 Å². The lowest BCUT2D eigenvalue weighted by Gasteiger charge is -2.04. The summed E-state index contributed by atoms with van der Waals surface area (Å²) in [6.45, 7) is 1.55. The maximum atomic E-state index is 11.8. The average molecular weight is 392 g/mol. The molecule has 0 unspecified atom stereocenters. The van der Waals surface area contributed by atoms with Crippen LogP contribution in [0.15, 0.2) is 46.0 Å². The minimum absolute atomic E-state index is 0.119. The van der Waals surface area contributed by atoms with Gasteiger partial charge in [-0.3, -0.25) is 14.9 Å². The van der Waals surface area contributed by atoms with E-state index in [0.717, 1.165) is 10.0 Å². The highest BCUT2D eigenvalue weighted by atomic mass is 79.9. The predicted octanol–water partition coefficient (Wildman–Crippen LogP) is 3.06. The van der Waals surface area contributed by atoms with E-state index in [-0.39, 0.29) is 29.3 Å². The van der Waals surface area contributed by atoms with E-state index in [2.05, 4.69) is 26.5 Å². The van der Waals surface area contributed by atoms with Gasteiger partial charge in [-0.2, -0.15) is 5.10 Å². The van der Waals surface area contributed by atoms with Crippen LogP contribution in [0.5, 0.6) is 5.75 Å². The van der Waals surface area contributed by atoms with E-state index in [0.29, 0.717) is 5.56 Å². The van der Waals surface area contributed by atoms with Crippen LogP contribution in [0.25, 0.3) is 0 Å². The highest BCUT2D eigenvalue weighted by Crippen LogP contribution is 2.26. The second-order valence-electron chi connectivity index (χ2n) is 5.05. The molecule has 0 aliphatic heterocycles. The Morgan fingerprint density at radius 1 is 1.38 bits per heavy atom. The van der Waals surface area contributed by atoms with Crippen molar-refractivity contribution in [2.45, 2.75) is 13.3 Å². The molecule has 0 heterocycles. The largest absolute Gasteiger partial charge is 0.507 e. The number of carbonyl (C=O) groups is 1. The van der Waals surface area contributed by atoms with Crippen molar-refractivity contribution in [2.24, 2.45) is 5.10 Å². The van der Waals surface area contributed by atoms with Crippen molar-refractivity contribution in [3.05, 3.63) is 67.7 Å². The van der Waals surface area contributed by atoms with Crippen molar-refractivity contribution in [1.29, 1.82) is 0 Å². The molecule has 0 bridgehead atoms. The number of aromatic hydroxyl groups is 1. The number of amides is 1. The maximum absolute atomic E-state index is 11.8. The van der Waals surface area contributed by atoms with Crippen LogP contribution in [0.3, 0.4) is 0 Å². The molecule has 0 aliphatic carbocycles. The number of hydrogen-bond acceptors (Lipinski definition) is 5. The van der Waals surface area contributed by atoms with Gasteiger partial charge in [-0.05, 0) is 30.2 Å². The number of nitro groups is 1.